The van der Waals surface area contributed by atoms with Gasteiger partial charge in [-0.25, -0.2) is 0 Å². The summed E-state index contributed by atoms with van der Waals surface area (Å²) in [5.41, 5.74) is 2.26. The van der Waals surface area contributed by atoms with Crippen LogP contribution in [0.3, 0.4) is 0 Å². The molecule has 0 heterocycles. The lowest BCUT2D eigenvalue weighted by atomic mass is 10.2. The van der Waals surface area contributed by atoms with Gasteiger partial charge in [0.05, 0.1) is 28.7 Å². The van der Waals surface area contributed by atoms with Crippen LogP contribution in [0.2, 0.25) is 5.02 Å². The molecular formula is C15H13ClN4O5. The number of hydrogen-bond acceptors (Lipinski definition) is 7. The van der Waals surface area contributed by atoms with E-state index in [1.807, 2.05) is 6.92 Å². The highest BCUT2D eigenvalue weighted by Gasteiger charge is 2.19. The Labute approximate surface area is 147 Å². The second-order valence-corrected chi connectivity index (χ2v) is 5.14. The minimum Gasteiger partial charge on any atom is -0.493 e. The Hall–Kier alpha value is -3.20. The van der Waals surface area contributed by atoms with Crippen LogP contribution < -0.4 is 10.2 Å². The Bertz CT molecular complexity index is 841. The van der Waals surface area contributed by atoms with E-state index in [9.17, 15) is 20.2 Å². The van der Waals surface area contributed by atoms with Crippen molar-refractivity contribution in [2.24, 2.45) is 5.10 Å². The van der Waals surface area contributed by atoms with Gasteiger partial charge in [-0.1, -0.05) is 11.6 Å². The van der Waals surface area contributed by atoms with E-state index >= 15 is 0 Å². The Kier molecular flexibility index (Phi) is 5.85. The molecule has 0 aromatic heterocycles. The number of rotatable bonds is 7. The van der Waals surface area contributed by atoms with Gasteiger partial charge in [-0.15, -0.1) is 0 Å². The molecule has 0 amide bonds. The predicted molar refractivity (Wildman–Crippen MR) is 93.6 cm³/mol. The fraction of sp³-hybridized carbons (Fsp3) is 0.133. The smallest absolute Gasteiger partial charge is 0.301 e. The summed E-state index contributed by atoms with van der Waals surface area (Å²) in [4.78, 5) is 20.4. The van der Waals surface area contributed by atoms with Gasteiger partial charge in [0.15, 0.2) is 0 Å². The molecule has 0 aliphatic carbocycles. The van der Waals surface area contributed by atoms with E-state index < -0.39 is 15.5 Å². The molecule has 0 saturated carbocycles. The van der Waals surface area contributed by atoms with Gasteiger partial charge in [0.2, 0.25) is 0 Å². The molecular weight excluding hydrogens is 352 g/mol. The van der Waals surface area contributed by atoms with E-state index in [1.54, 1.807) is 18.2 Å². The number of hydrogen-bond donors (Lipinski definition) is 1. The quantitative estimate of drug-likeness (QED) is 0.450. The number of benzene rings is 2. The first kappa shape index (κ1) is 18.1. The molecule has 2 rings (SSSR count). The van der Waals surface area contributed by atoms with E-state index in [4.69, 9.17) is 16.3 Å². The predicted octanol–water partition coefficient (Wildman–Crippen LogP) is 4.00. The van der Waals surface area contributed by atoms with Crippen molar-refractivity contribution in [2.45, 2.75) is 6.92 Å². The van der Waals surface area contributed by atoms with Crippen LogP contribution in [0.5, 0.6) is 5.75 Å². The summed E-state index contributed by atoms with van der Waals surface area (Å²) in [7, 11) is 0. The molecule has 0 spiro atoms. The van der Waals surface area contributed by atoms with Gasteiger partial charge in [0, 0.05) is 16.7 Å². The normalized spacial score (nSPS) is 10.6. The summed E-state index contributed by atoms with van der Waals surface area (Å²) >= 11 is 5.94. The lowest BCUT2D eigenvalue weighted by Crippen LogP contribution is -2.00. The monoisotopic (exact) mass is 364 g/mol. The maximum atomic E-state index is 11.1. The average molecular weight is 365 g/mol. The molecule has 10 heteroatoms. The van der Waals surface area contributed by atoms with Crippen LogP contribution >= 0.6 is 11.6 Å². The Balaban J connectivity index is 2.26. The summed E-state index contributed by atoms with van der Waals surface area (Å²) in [6.45, 7) is 2.28. The van der Waals surface area contributed by atoms with Crippen LogP contribution in [0.4, 0.5) is 17.1 Å². The second-order valence-electron chi connectivity index (χ2n) is 4.70. The van der Waals surface area contributed by atoms with Gasteiger partial charge in [0.25, 0.3) is 5.69 Å². The number of anilines is 1. The summed E-state index contributed by atoms with van der Waals surface area (Å²) in [5.74, 6) is 0.552. The first-order valence-electron chi connectivity index (χ1n) is 7.06. The first-order chi connectivity index (χ1) is 11.9. The average Bonchev–Trinajstić information content (AvgIpc) is 2.57. The zero-order valence-electron chi connectivity index (χ0n) is 13.0. The second kappa shape index (κ2) is 8.06. The van der Waals surface area contributed by atoms with Crippen molar-refractivity contribution < 1.29 is 14.6 Å². The molecule has 1 N–H and O–H groups in total. The number of halogens is 1. The van der Waals surface area contributed by atoms with Crippen LogP contribution in [0.15, 0.2) is 41.5 Å². The zero-order valence-corrected chi connectivity index (χ0v) is 13.8. The Morgan fingerprint density at radius 2 is 1.96 bits per heavy atom. The Morgan fingerprint density at radius 3 is 2.60 bits per heavy atom. The van der Waals surface area contributed by atoms with Crippen LogP contribution in [0, 0.1) is 20.2 Å². The van der Waals surface area contributed by atoms with Gasteiger partial charge in [-0.3, -0.25) is 25.7 Å². The van der Waals surface area contributed by atoms with Gasteiger partial charge in [-0.2, -0.15) is 5.10 Å². The number of nitrogens with zero attached hydrogens (tertiary/aromatic N) is 3. The van der Waals surface area contributed by atoms with Gasteiger partial charge < -0.3 is 4.74 Å². The summed E-state index contributed by atoms with van der Waals surface area (Å²) in [6.07, 6.45) is 1.39. The van der Waals surface area contributed by atoms with E-state index in [-0.39, 0.29) is 11.4 Å². The maximum Gasteiger partial charge on any atom is 0.301 e. The van der Waals surface area contributed by atoms with Crippen molar-refractivity contribution in [1.29, 1.82) is 0 Å². The molecule has 130 valence electrons. The number of hydrazone groups is 1. The fourth-order valence-corrected chi connectivity index (χ4v) is 2.14. The molecule has 0 saturated heterocycles. The lowest BCUT2D eigenvalue weighted by Gasteiger charge is -2.07. The third kappa shape index (κ3) is 4.64. The number of nitro benzene ring substituents is 2. The molecule has 0 unspecified atom stereocenters. The molecule has 0 aliphatic rings. The van der Waals surface area contributed by atoms with Crippen molar-refractivity contribution >= 4 is 34.9 Å². The SMILES string of the molecule is CCOc1ccc(Cl)cc1C=NNc1ccc([N+](=O)[O-])cc1[N+](=O)[O-]. The van der Waals surface area contributed by atoms with Crippen LogP contribution in [-0.4, -0.2) is 22.7 Å². The van der Waals surface area contributed by atoms with Crippen LogP contribution in [-0.2, 0) is 0 Å². The third-order valence-corrected chi connectivity index (χ3v) is 3.28. The topological polar surface area (TPSA) is 120 Å². The largest absolute Gasteiger partial charge is 0.493 e. The van der Waals surface area contributed by atoms with Crippen molar-refractivity contribution in [3.63, 3.8) is 0 Å². The number of non-ortho nitro benzene ring substituents is 1. The molecule has 0 bridgehead atoms. The number of nitro groups is 2. The third-order valence-electron chi connectivity index (χ3n) is 3.05. The molecule has 0 aliphatic heterocycles. The van der Waals surface area contributed by atoms with E-state index in [0.717, 1.165) is 12.1 Å². The molecule has 0 atom stereocenters. The summed E-state index contributed by atoms with van der Waals surface area (Å²) in [6, 6.07) is 8.20. The first-order valence-corrected chi connectivity index (χ1v) is 7.44. The van der Waals surface area contributed by atoms with Gasteiger partial charge >= 0.3 is 5.69 Å². The molecule has 0 fully saturated rings. The van der Waals surface area contributed by atoms with Crippen molar-refractivity contribution in [3.8, 4) is 5.75 Å². The summed E-state index contributed by atoms with van der Waals surface area (Å²) < 4.78 is 5.44. The molecule has 0 radical (unpaired) electrons. The van der Waals surface area contributed by atoms with E-state index in [2.05, 4.69) is 10.5 Å². The van der Waals surface area contributed by atoms with E-state index in [0.29, 0.717) is 22.9 Å². The van der Waals surface area contributed by atoms with Gasteiger partial charge in [0.1, 0.15) is 11.4 Å². The molecule has 9 nitrogen and oxygen atoms in total. The van der Waals surface area contributed by atoms with Crippen molar-refractivity contribution in [3.05, 3.63) is 67.2 Å². The number of ether oxygens (including phenoxy) is 1. The van der Waals surface area contributed by atoms with Crippen molar-refractivity contribution in [2.75, 3.05) is 12.0 Å². The fourth-order valence-electron chi connectivity index (χ4n) is 1.96. The Morgan fingerprint density at radius 1 is 1.20 bits per heavy atom. The zero-order chi connectivity index (χ0) is 18.4. The molecule has 2 aromatic carbocycles. The highest BCUT2D eigenvalue weighted by Crippen LogP contribution is 2.29. The van der Waals surface area contributed by atoms with Crippen LogP contribution in [0.1, 0.15) is 12.5 Å². The molecule has 2 aromatic rings. The summed E-state index contributed by atoms with van der Waals surface area (Å²) in [5, 5.41) is 26.2. The van der Waals surface area contributed by atoms with E-state index in [1.165, 1.54) is 12.3 Å². The van der Waals surface area contributed by atoms with Gasteiger partial charge in [-0.05, 0) is 31.2 Å². The maximum absolute atomic E-state index is 11.1. The standard InChI is InChI=1S/C15H13ClN4O5/c1-2-25-15-6-3-11(16)7-10(15)9-17-18-13-5-4-12(19(21)22)8-14(13)20(23)24/h3-9,18H,2H2,1H3. The lowest BCUT2D eigenvalue weighted by molar-refractivity contribution is -0.393. The minimum absolute atomic E-state index is 0.0202. The van der Waals surface area contributed by atoms with Crippen molar-refractivity contribution in [1.82, 2.24) is 0 Å². The highest BCUT2D eigenvalue weighted by molar-refractivity contribution is 6.30. The highest BCUT2D eigenvalue weighted by atomic mass is 35.5. The minimum atomic E-state index is -0.726. The van der Waals surface area contributed by atoms with Crippen LogP contribution in [0.25, 0.3) is 0 Å². The molecule has 25 heavy (non-hydrogen) atoms. The number of nitrogens with one attached hydrogen (secondary N) is 1.